The molecule has 2 aromatic carbocycles. The molecule has 1 fully saturated rings. The first kappa shape index (κ1) is 20.7. The van der Waals surface area contributed by atoms with Gasteiger partial charge in [0.15, 0.2) is 12.4 Å². The SMILES string of the molecule is COc1ccc(C=C2Oc3cc(OCC(=O)N4CCOCC4)ccc3C2=O)c(OC)c1. The van der Waals surface area contributed by atoms with Crippen LogP contribution in [0.5, 0.6) is 23.0 Å². The number of ether oxygens (including phenoxy) is 5. The van der Waals surface area contributed by atoms with Gasteiger partial charge in [-0.05, 0) is 30.3 Å². The third-order valence-electron chi connectivity index (χ3n) is 5.09. The zero-order valence-corrected chi connectivity index (χ0v) is 17.4. The Labute approximate surface area is 179 Å². The number of carbonyl (C=O) groups excluding carboxylic acids is 2. The zero-order valence-electron chi connectivity index (χ0n) is 17.4. The largest absolute Gasteiger partial charge is 0.497 e. The standard InChI is InChI=1S/C23H23NO7/c1-27-16-4-3-15(19(12-16)28-2)11-21-23(26)18-6-5-17(13-20(18)31-21)30-14-22(25)24-7-9-29-10-8-24/h3-6,11-13H,7-10,14H2,1-2H3. The second-order valence-electron chi connectivity index (χ2n) is 6.99. The summed E-state index contributed by atoms with van der Waals surface area (Å²) in [6.07, 6.45) is 1.63. The minimum atomic E-state index is -0.233. The fourth-order valence-corrected chi connectivity index (χ4v) is 3.39. The third kappa shape index (κ3) is 4.49. The summed E-state index contributed by atoms with van der Waals surface area (Å²) in [4.78, 5) is 26.7. The Morgan fingerprint density at radius 1 is 1.06 bits per heavy atom. The van der Waals surface area contributed by atoms with Crippen molar-refractivity contribution < 1.29 is 33.3 Å². The van der Waals surface area contributed by atoms with E-state index < -0.39 is 0 Å². The van der Waals surface area contributed by atoms with Crippen LogP contribution in [0.15, 0.2) is 42.2 Å². The molecule has 0 spiro atoms. The molecule has 31 heavy (non-hydrogen) atoms. The maximum absolute atomic E-state index is 12.7. The summed E-state index contributed by atoms with van der Waals surface area (Å²) < 4.78 is 27.2. The summed E-state index contributed by atoms with van der Waals surface area (Å²) >= 11 is 0. The molecule has 0 atom stereocenters. The number of carbonyl (C=O) groups is 2. The quantitative estimate of drug-likeness (QED) is 0.658. The first-order chi connectivity index (χ1) is 15.1. The van der Waals surface area contributed by atoms with Gasteiger partial charge in [-0.25, -0.2) is 0 Å². The summed E-state index contributed by atoms with van der Waals surface area (Å²) in [6.45, 7) is 2.11. The van der Waals surface area contributed by atoms with Gasteiger partial charge in [0.2, 0.25) is 5.78 Å². The van der Waals surface area contributed by atoms with E-state index in [-0.39, 0.29) is 24.1 Å². The number of fused-ring (bicyclic) bond motifs is 1. The van der Waals surface area contributed by atoms with Gasteiger partial charge in [-0.2, -0.15) is 0 Å². The van der Waals surface area contributed by atoms with Gasteiger partial charge in [0.25, 0.3) is 5.91 Å². The molecule has 0 aromatic heterocycles. The molecule has 1 saturated heterocycles. The Balaban J connectivity index is 1.47. The number of ketones is 1. The van der Waals surface area contributed by atoms with Gasteiger partial charge in [-0.1, -0.05) is 0 Å². The number of methoxy groups -OCH3 is 2. The minimum Gasteiger partial charge on any atom is -0.497 e. The van der Waals surface area contributed by atoms with Gasteiger partial charge in [-0.15, -0.1) is 0 Å². The monoisotopic (exact) mass is 425 g/mol. The Kier molecular flexibility index (Phi) is 6.08. The number of allylic oxidation sites excluding steroid dienone is 1. The van der Waals surface area contributed by atoms with Gasteiger partial charge >= 0.3 is 0 Å². The molecule has 162 valence electrons. The number of Topliss-reactive ketones (excluding diaryl/α,β-unsaturated/α-hetero) is 1. The van der Waals surface area contributed by atoms with Crippen molar-refractivity contribution in [1.29, 1.82) is 0 Å². The molecule has 0 N–H and O–H groups in total. The highest BCUT2D eigenvalue weighted by atomic mass is 16.5. The summed E-state index contributed by atoms with van der Waals surface area (Å²) in [6, 6.07) is 10.2. The zero-order chi connectivity index (χ0) is 21.8. The van der Waals surface area contributed by atoms with E-state index >= 15 is 0 Å². The Morgan fingerprint density at radius 3 is 2.58 bits per heavy atom. The van der Waals surface area contributed by atoms with Crippen LogP contribution in [-0.4, -0.2) is 63.7 Å². The number of amides is 1. The van der Waals surface area contributed by atoms with Gasteiger partial charge in [0, 0.05) is 30.8 Å². The highest BCUT2D eigenvalue weighted by Crippen LogP contribution is 2.36. The van der Waals surface area contributed by atoms with Crippen molar-refractivity contribution in [2.45, 2.75) is 0 Å². The van der Waals surface area contributed by atoms with E-state index in [1.165, 1.54) is 0 Å². The van der Waals surface area contributed by atoms with Crippen LogP contribution in [0.2, 0.25) is 0 Å². The summed E-state index contributed by atoms with van der Waals surface area (Å²) in [5, 5.41) is 0. The van der Waals surface area contributed by atoms with E-state index in [2.05, 4.69) is 0 Å². The maximum Gasteiger partial charge on any atom is 0.260 e. The Hall–Kier alpha value is -3.52. The van der Waals surface area contributed by atoms with E-state index in [9.17, 15) is 9.59 Å². The van der Waals surface area contributed by atoms with Crippen molar-refractivity contribution in [3.63, 3.8) is 0 Å². The van der Waals surface area contributed by atoms with Crippen molar-refractivity contribution in [3.8, 4) is 23.0 Å². The molecule has 1 amide bonds. The van der Waals surface area contributed by atoms with Crippen LogP contribution in [0.3, 0.4) is 0 Å². The number of hydrogen-bond acceptors (Lipinski definition) is 7. The molecular weight excluding hydrogens is 402 g/mol. The highest BCUT2D eigenvalue weighted by molar-refractivity contribution is 6.14. The normalized spacial score (nSPS) is 16.6. The molecule has 0 bridgehead atoms. The Morgan fingerprint density at radius 2 is 1.84 bits per heavy atom. The molecule has 0 unspecified atom stereocenters. The molecular formula is C23H23NO7. The van der Waals surface area contributed by atoms with Gasteiger partial charge in [-0.3, -0.25) is 9.59 Å². The lowest BCUT2D eigenvalue weighted by Crippen LogP contribution is -2.42. The van der Waals surface area contributed by atoms with E-state index in [1.54, 1.807) is 61.6 Å². The second-order valence-corrected chi connectivity index (χ2v) is 6.99. The number of hydrogen-bond donors (Lipinski definition) is 0. The molecule has 8 nitrogen and oxygen atoms in total. The van der Waals surface area contributed by atoms with E-state index in [0.717, 1.165) is 0 Å². The summed E-state index contributed by atoms with van der Waals surface area (Å²) in [7, 11) is 3.12. The molecule has 0 radical (unpaired) electrons. The van der Waals surface area contributed by atoms with Crippen LogP contribution in [-0.2, 0) is 9.53 Å². The van der Waals surface area contributed by atoms with Gasteiger partial charge in [0.1, 0.15) is 23.0 Å². The van der Waals surface area contributed by atoms with Crippen LogP contribution >= 0.6 is 0 Å². The van der Waals surface area contributed by atoms with Gasteiger partial charge in [0.05, 0.1) is 33.0 Å². The number of morpholine rings is 1. The van der Waals surface area contributed by atoms with Crippen LogP contribution in [0.25, 0.3) is 6.08 Å². The van der Waals surface area contributed by atoms with Crippen LogP contribution in [0.4, 0.5) is 0 Å². The van der Waals surface area contributed by atoms with Crippen LogP contribution in [0.1, 0.15) is 15.9 Å². The van der Waals surface area contributed by atoms with Crippen molar-refractivity contribution in [3.05, 3.63) is 53.3 Å². The van der Waals surface area contributed by atoms with E-state index in [4.69, 9.17) is 23.7 Å². The summed E-state index contributed by atoms with van der Waals surface area (Å²) in [5.74, 6) is 1.90. The third-order valence-corrected chi connectivity index (χ3v) is 5.09. The molecule has 0 saturated carbocycles. The minimum absolute atomic E-state index is 0.0848. The first-order valence-corrected chi connectivity index (χ1v) is 9.87. The van der Waals surface area contributed by atoms with E-state index in [1.807, 2.05) is 0 Å². The average Bonchev–Trinajstić information content (AvgIpc) is 3.12. The Bertz CT molecular complexity index is 1020. The number of nitrogens with zero attached hydrogens (tertiary/aromatic N) is 1. The molecule has 0 aliphatic carbocycles. The lowest BCUT2D eigenvalue weighted by Gasteiger charge is -2.26. The van der Waals surface area contributed by atoms with Crippen LogP contribution < -0.4 is 18.9 Å². The molecule has 2 aliphatic rings. The van der Waals surface area contributed by atoms with Gasteiger partial charge < -0.3 is 28.6 Å². The smallest absolute Gasteiger partial charge is 0.260 e. The van der Waals surface area contributed by atoms with Crippen molar-refractivity contribution in [1.82, 2.24) is 4.90 Å². The molecule has 2 aromatic rings. The average molecular weight is 425 g/mol. The highest BCUT2D eigenvalue weighted by Gasteiger charge is 2.28. The number of benzene rings is 2. The molecule has 8 heteroatoms. The predicted octanol–water partition coefficient (Wildman–Crippen LogP) is 2.56. The lowest BCUT2D eigenvalue weighted by atomic mass is 10.1. The molecule has 2 heterocycles. The predicted molar refractivity (Wildman–Crippen MR) is 112 cm³/mol. The van der Waals surface area contributed by atoms with Crippen molar-refractivity contribution in [2.24, 2.45) is 0 Å². The first-order valence-electron chi connectivity index (χ1n) is 9.87. The van der Waals surface area contributed by atoms with Crippen molar-refractivity contribution >= 4 is 17.8 Å². The van der Waals surface area contributed by atoms with Crippen LogP contribution in [0, 0.1) is 0 Å². The fourth-order valence-electron chi connectivity index (χ4n) is 3.39. The lowest BCUT2D eigenvalue weighted by molar-refractivity contribution is -0.137. The fraction of sp³-hybridized carbons (Fsp3) is 0.304. The van der Waals surface area contributed by atoms with E-state index in [0.29, 0.717) is 60.4 Å². The molecule has 4 rings (SSSR count). The summed E-state index contributed by atoms with van der Waals surface area (Å²) in [5.41, 5.74) is 1.12. The van der Waals surface area contributed by atoms with Crippen molar-refractivity contribution in [2.75, 3.05) is 47.1 Å². The topological polar surface area (TPSA) is 83.5 Å². The number of rotatable bonds is 6. The second kappa shape index (κ2) is 9.09. The maximum atomic E-state index is 12.7. The molecule has 2 aliphatic heterocycles.